The minimum absolute atomic E-state index is 0.0786. The summed E-state index contributed by atoms with van der Waals surface area (Å²) in [5, 5.41) is 5.94. The molecule has 16 heavy (non-hydrogen) atoms. The molecule has 1 aromatic heterocycles. The first-order chi connectivity index (χ1) is 7.84. The Balaban J connectivity index is 2.34. The zero-order valence-corrected chi connectivity index (χ0v) is 8.28. The van der Waals surface area contributed by atoms with Crippen molar-refractivity contribution in [1.29, 1.82) is 0 Å². The molecule has 0 atom stereocenters. The van der Waals surface area contributed by atoms with E-state index in [0.717, 1.165) is 27.4 Å². The van der Waals surface area contributed by atoms with Crippen molar-refractivity contribution < 1.29 is 9.21 Å². The molecule has 0 saturated heterocycles. The van der Waals surface area contributed by atoms with Crippen LogP contribution in [0.2, 0.25) is 0 Å². The molecular weight excluding hydrogens is 202 g/mol. The third kappa shape index (κ3) is 0.772. The topological polar surface area (TPSA) is 42.2 Å². The Kier molecular flexibility index (Phi) is 1.21. The fraction of sp³-hybridized carbons (Fsp3) is 0. The minimum Gasteiger partial charge on any atom is -0.463 e. The van der Waals surface area contributed by atoms with Crippen molar-refractivity contribution in [3.63, 3.8) is 0 Å². The Morgan fingerprint density at radius 1 is 1.19 bits per heavy atom. The van der Waals surface area contributed by atoms with Crippen molar-refractivity contribution in [2.75, 3.05) is 5.32 Å². The number of benzene rings is 2. The lowest BCUT2D eigenvalue weighted by Gasteiger charge is -2.03. The Morgan fingerprint density at radius 3 is 3.00 bits per heavy atom. The van der Waals surface area contributed by atoms with Crippen LogP contribution in [0.4, 0.5) is 5.69 Å². The highest BCUT2D eigenvalue weighted by Crippen LogP contribution is 2.40. The fourth-order valence-corrected chi connectivity index (χ4v) is 2.34. The maximum absolute atomic E-state index is 11.7. The second kappa shape index (κ2) is 2.44. The van der Waals surface area contributed by atoms with E-state index in [1.54, 1.807) is 0 Å². The molecular formula is C13H7NO2. The number of nitrogens with one attached hydrogen (secondary N) is 1. The van der Waals surface area contributed by atoms with Gasteiger partial charge in [-0.25, -0.2) is 0 Å². The SMILES string of the molecule is O=C1Nc2c3ccccc3cc3occ1c23. The Bertz CT molecular complexity index is 755. The summed E-state index contributed by atoms with van der Waals surface area (Å²) in [4.78, 5) is 11.7. The average molecular weight is 209 g/mol. The first-order valence-electron chi connectivity index (χ1n) is 5.09. The van der Waals surface area contributed by atoms with Crippen molar-refractivity contribution in [2.24, 2.45) is 0 Å². The number of fused-ring (bicyclic) bond motifs is 2. The van der Waals surface area contributed by atoms with Gasteiger partial charge in [0.2, 0.25) is 0 Å². The standard InChI is InChI=1S/C13H7NO2/c15-13-9-6-16-10-5-7-3-1-2-4-8(7)12(14-13)11(9)10/h1-6H,(H,14,15). The Morgan fingerprint density at radius 2 is 2.06 bits per heavy atom. The summed E-state index contributed by atoms with van der Waals surface area (Å²) in [6.07, 6.45) is 1.52. The van der Waals surface area contributed by atoms with Crippen LogP contribution in [0.25, 0.3) is 21.7 Å². The highest BCUT2D eigenvalue weighted by molar-refractivity contribution is 6.28. The van der Waals surface area contributed by atoms with E-state index in [4.69, 9.17) is 4.42 Å². The number of furan rings is 1. The van der Waals surface area contributed by atoms with Gasteiger partial charge in [-0.05, 0) is 11.5 Å². The monoisotopic (exact) mass is 209 g/mol. The molecule has 3 heteroatoms. The van der Waals surface area contributed by atoms with E-state index in [1.165, 1.54) is 6.26 Å². The van der Waals surface area contributed by atoms with Crippen LogP contribution in [0, 0.1) is 0 Å². The molecule has 0 aliphatic carbocycles. The van der Waals surface area contributed by atoms with Gasteiger partial charge in [-0.15, -0.1) is 0 Å². The molecule has 1 N–H and O–H groups in total. The van der Waals surface area contributed by atoms with Crippen LogP contribution in [0.5, 0.6) is 0 Å². The van der Waals surface area contributed by atoms with E-state index >= 15 is 0 Å². The molecule has 2 heterocycles. The summed E-state index contributed by atoms with van der Waals surface area (Å²) in [5.74, 6) is -0.0786. The Hall–Kier alpha value is -2.29. The first kappa shape index (κ1) is 7.93. The molecule has 1 aliphatic heterocycles. The molecule has 1 aliphatic rings. The highest BCUT2D eigenvalue weighted by atomic mass is 16.3. The maximum atomic E-state index is 11.7. The van der Waals surface area contributed by atoms with Crippen LogP contribution in [-0.2, 0) is 0 Å². The zero-order valence-electron chi connectivity index (χ0n) is 8.28. The lowest BCUT2D eigenvalue weighted by Crippen LogP contribution is -2.04. The summed E-state index contributed by atoms with van der Waals surface area (Å²) >= 11 is 0. The van der Waals surface area contributed by atoms with Gasteiger partial charge in [-0.3, -0.25) is 4.79 Å². The van der Waals surface area contributed by atoms with Gasteiger partial charge in [0.05, 0.1) is 16.6 Å². The summed E-state index contributed by atoms with van der Waals surface area (Å²) in [6.45, 7) is 0. The number of carbonyl (C=O) groups is 1. The number of hydrogen-bond donors (Lipinski definition) is 1. The lowest BCUT2D eigenvalue weighted by atomic mass is 10.1. The van der Waals surface area contributed by atoms with E-state index in [-0.39, 0.29) is 5.91 Å². The van der Waals surface area contributed by atoms with Crippen LogP contribution in [-0.4, -0.2) is 5.91 Å². The molecule has 0 bridgehead atoms. The third-order valence-electron chi connectivity index (χ3n) is 3.07. The first-order valence-corrected chi connectivity index (χ1v) is 5.09. The number of rotatable bonds is 0. The predicted molar refractivity (Wildman–Crippen MR) is 61.7 cm³/mol. The van der Waals surface area contributed by atoms with Gasteiger partial charge in [-0.2, -0.15) is 0 Å². The maximum Gasteiger partial charge on any atom is 0.259 e. The second-order valence-electron chi connectivity index (χ2n) is 3.95. The normalized spacial score (nSPS) is 13.6. The number of amides is 1. The quantitative estimate of drug-likeness (QED) is 0.618. The molecule has 0 saturated carbocycles. The molecule has 2 aromatic carbocycles. The van der Waals surface area contributed by atoms with Crippen molar-refractivity contribution >= 4 is 33.3 Å². The van der Waals surface area contributed by atoms with Gasteiger partial charge in [0.1, 0.15) is 11.8 Å². The van der Waals surface area contributed by atoms with Crippen LogP contribution in [0.3, 0.4) is 0 Å². The predicted octanol–water partition coefficient (Wildman–Crippen LogP) is 3.15. The molecule has 0 fully saturated rings. The van der Waals surface area contributed by atoms with Crippen LogP contribution < -0.4 is 5.32 Å². The van der Waals surface area contributed by atoms with Gasteiger partial charge >= 0.3 is 0 Å². The zero-order chi connectivity index (χ0) is 10.7. The fourth-order valence-electron chi connectivity index (χ4n) is 2.34. The van der Waals surface area contributed by atoms with Crippen LogP contribution in [0.1, 0.15) is 10.4 Å². The molecule has 76 valence electrons. The van der Waals surface area contributed by atoms with Gasteiger partial charge < -0.3 is 9.73 Å². The van der Waals surface area contributed by atoms with Gasteiger partial charge in [0, 0.05) is 5.39 Å². The summed E-state index contributed by atoms with van der Waals surface area (Å²) in [6, 6.07) is 9.93. The summed E-state index contributed by atoms with van der Waals surface area (Å²) in [7, 11) is 0. The average Bonchev–Trinajstić information content (AvgIpc) is 2.85. The summed E-state index contributed by atoms with van der Waals surface area (Å²) < 4.78 is 5.40. The number of hydrogen-bond acceptors (Lipinski definition) is 2. The van der Waals surface area contributed by atoms with Crippen LogP contribution in [0.15, 0.2) is 41.0 Å². The highest BCUT2D eigenvalue weighted by Gasteiger charge is 2.26. The van der Waals surface area contributed by atoms with Gasteiger partial charge in [-0.1, -0.05) is 24.3 Å². The van der Waals surface area contributed by atoms with Crippen molar-refractivity contribution in [1.82, 2.24) is 0 Å². The van der Waals surface area contributed by atoms with E-state index in [2.05, 4.69) is 5.32 Å². The molecule has 3 aromatic rings. The van der Waals surface area contributed by atoms with Gasteiger partial charge in [0.15, 0.2) is 0 Å². The van der Waals surface area contributed by atoms with Gasteiger partial charge in [0.25, 0.3) is 5.91 Å². The van der Waals surface area contributed by atoms with Crippen molar-refractivity contribution in [2.45, 2.75) is 0 Å². The molecule has 4 rings (SSSR count). The van der Waals surface area contributed by atoms with E-state index in [1.807, 2.05) is 30.3 Å². The Labute approximate surface area is 90.7 Å². The van der Waals surface area contributed by atoms with Crippen molar-refractivity contribution in [3.05, 3.63) is 42.2 Å². The molecule has 0 radical (unpaired) electrons. The number of anilines is 1. The molecule has 1 amide bonds. The minimum atomic E-state index is -0.0786. The molecule has 3 nitrogen and oxygen atoms in total. The lowest BCUT2D eigenvalue weighted by molar-refractivity contribution is 0.103. The summed E-state index contributed by atoms with van der Waals surface area (Å²) in [5.41, 5.74) is 2.28. The number of carbonyl (C=O) groups excluding carboxylic acids is 1. The molecule has 0 spiro atoms. The van der Waals surface area contributed by atoms with E-state index in [0.29, 0.717) is 5.56 Å². The second-order valence-corrected chi connectivity index (χ2v) is 3.95. The van der Waals surface area contributed by atoms with Crippen LogP contribution >= 0.6 is 0 Å². The smallest absolute Gasteiger partial charge is 0.259 e. The molecule has 0 unspecified atom stereocenters. The van der Waals surface area contributed by atoms with E-state index in [9.17, 15) is 4.79 Å². The van der Waals surface area contributed by atoms with Crippen molar-refractivity contribution in [3.8, 4) is 0 Å². The largest absolute Gasteiger partial charge is 0.463 e. The van der Waals surface area contributed by atoms with E-state index < -0.39 is 0 Å². The third-order valence-corrected chi connectivity index (χ3v) is 3.07.